The van der Waals surface area contributed by atoms with Gasteiger partial charge in [-0.2, -0.15) is 0 Å². The monoisotopic (exact) mass is 259 g/mol. The van der Waals surface area contributed by atoms with Crippen LogP contribution in [-0.2, 0) is 4.79 Å². The predicted molar refractivity (Wildman–Crippen MR) is 72.7 cm³/mol. The first-order valence-electron chi connectivity index (χ1n) is 6.65. The number of hydrogen-bond donors (Lipinski definition) is 2. The fraction of sp³-hybridized carbons (Fsp3) is 0.429. The van der Waals surface area contributed by atoms with Gasteiger partial charge in [-0.1, -0.05) is 19.3 Å². The van der Waals surface area contributed by atoms with Gasteiger partial charge in [0, 0.05) is 5.69 Å². The molecule has 1 aromatic rings. The minimum atomic E-state index is -0.670. The largest absolute Gasteiger partial charge is 0.399 e. The van der Waals surface area contributed by atoms with E-state index in [4.69, 9.17) is 5.73 Å². The zero-order chi connectivity index (χ0) is 13.5. The fourth-order valence-corrected chi connectivity index (χ4v) is 2.97. The van der Waals surface area contributed by atoms with E-state index < -0.39 is 5.54 Å². The number of anilines is 2. The van der Waals surface area contributed by atoms with Crippen LogP contribution in [0.5, 0.6) is 0 Å². The van der Waals surface area contributed by atoms with E-state index >= 15 is 0 Å². The summed E-state index contributed by atoms with van der Waals surface area (Å²) < 4.78 is 0. The highest BCUT2D eigenvalue weighted by Crippen LogP contribution is 2.35. The Morgan fingerprint density at radius 2 is 1.68 bits per heavy atom. The number of nitrogens with zero attached hydrogens (tertiary/aromatic N) is 1. The molecule has 1 spiro atoms. The predicted octanol–water partition coefficient (Wildman–Crippen LogP) is 2.03. The van der Waals surface area contributed by atoms with Gasteiger partial charge >= 0.3 is 6.03 Å². The summed E-state index contributed by atoms with van der Waals surface area (Å²) in [4.78, 5) is 25.9. The third kappa shape index (κ3) is 1.85. The molecule has 0 unspecified atom stereocenters. The Kier molecular flexibility index (Phi) is 2.69. The van der Waals surface area contributed by atoms with Crippen molar-refractivity contribution in [1.29, 1.82) is 0 Å². The second-order valence-corrected chi connectivity index (χ2v) is 5.31. The number of hydrogen-bond acceptors (Lipinski definition) is 3. The smallest absolute Gasteiger partial charge is 0.329 e. The van der Waals surface area contributed by atoms with Crippen LogP contribution in [0.2, 0.25) is 0 Å². The molecular weight excluding hydrogens is 242 g/mol. The molecule has 1 aliphatic carbocycles. The molecule has 3 rings (SSSR count). The molecule has 5 nitrogen and oxygen atoms in total. The quantitative estimate of drug-likeness (QED) is 0.598. The number of benzene rings is 1. The molecule has 3 N–H and O–H groups in total. The molecule has 0 radical (unpaired) electrons. The Bertz CT molecular complexity index is 518. The molecule has 19 heavy (non-hydrogen) atoms. The van der Waals surface area contributed by atoms with Crippen molar-refractivity contribution in [2.75, 3.05) is 10.6 Å². The maximum atomic E-state index is 12.6. The average Bonchev–Trinajstić information content (AvgIpc) is 2.64. The molecule has 0 aromatic heterocycles. The number of imide groups is 1. The van der Waals surface area contributed by atoms with Crippen molar-refractivity contribution in [3.05, 3.63) is 24.3 Å². The number of rotatable bonds is 1. The van der Waals surface area contributed by atoms with Crippen LogP contribution in [-0.4, -0.2) is 17.5 Å². The van der Waals surface area contributed by atoms with Gasteiger partial charge in [-0.05, 0) is 37.1 Å². The third-order valence-electron chi connectivity index (χ3n) is 4.02. The SMILES string of the molecule is Nc1ccc(N2C(=O)NC3(CCCCC3)C2=O)cc1. The molecule has 2 fully saturated rings. The Hall–Kier alpha value is -2.04. The lowest BCUT2D eigenvalue weighted by molar-refractivity contribution is -0.123. The van der Waals surface area contributed by atoms with Crippen LogP contribution in [0.4, 0.5) is 16.2 Å². The first-order chi connectivity index (χ1) is 9.12. The van der Waals surface area contributed by atoms with Crippen LogP contribution in [0.1, 0.15) is 32.1 Å². The molecule has 0 atom stereocenters. The number of urea groups is 1. The molecule has 0 bridgehead atoms. The van der Waals surface area contributed by atoms with E-state index in [0.29, 0.717) is 11.4 Å². The number of nitrogen functional groups attached to an aromatic ring is 1. The zero-order valence-electron chi connectivity index (χ0n) is 10.7. The maximum Gasteiger partial charge on any atom is 0.329 e. The Balaban J connectivity index is 1.92. The van der Waals surface area contributed by atoms with Crippen LogP contribution >= 0.6 is 0 Å². The van der Waals surface area contributed by atoms with Crippen LogP contribution in [0.25, 0.3) is 0 Å². The van der Waals surface area contributed by atoms with Gasteiger partial charge in [-0.3, -0.25) is 4.79 Å². The zero-order valence-corrected chi connectivity index (χ0v) is 10.7. The summed E-state index contributed by atoms with van der Waals surface area (Å²) in [6, 6.07) is 6.48. The molecule has 5 heteroatoms. The van der Waals surface area contributed by atoms with Gasteiger partial charge in [0.2, 0.25) is 0 Å². The summed E-state index contributed by atoms with van der Waals surface area (Å²) in [6.07, 6.45) is 4.59. The van der Waals surface area contributed by atoms with Crippen LogP contribution in [0.15, 0.2) is 24.3 Å². The van der Waals surface area contributed by atoms with Gasteiger partial charge in [0.05, 0.1) is 5.69 Å². The minimum absolute atomic E-state index is 0.123. The number of carbonyl (C=O) groups is 2. The molecule has 1 heterocycles. The van der Waals surface area contributed by atoms with E-state index in [0.717, 1.165) is 32.1 Å². The minimum Gasteiger partial charge on any atom is -0.399 e. The van der Waals surface area contributed by atoms with E-state index in [2.05, 4.69) is 5.32 Å². The molecule has 2 aliphatic rings. The molecule has 1 saturated carbocycles. The molecule has 100 valence electrons. The van der Waals surface area contributed by atoms with Gasteiger partial charge in [0.25, 0.3) is 5.91 Å². The highest BCUT2D eigenvalue weighted by molar-refractivity contribution is 6.23. The van der Waals surface area contributed by atoms with Gasteiger partial charge in [0.15, 0.2) is 0 Å². The molecule has 3 amide bonds. The van der Waals surface area contributed by atoms with Crippen LogP contribution in [0, 0.1) is 0 Å². The highest BCUT2D eigenvalue weighted by Gasteiger charge is 2.51. The Morgan fingerprint density at radius 3 is 2.32 bits per heavy atom. The number of amides is 3. The molecule has 1 aromatic carbocycles. The standard InChI is InChI=1S/C14H17N3O2/c15-10-4-6-11(7-5-10)17-12(18)14(16-13(17)19)8-2-1-3-9-14/h4-7H,1-3,8-9,15H2,(H,16,19). The Labute approximate surface area is 111 Å². The fourth-order valence-electron chi connectivity index (χ4n) is 2.97. The first kappa shape index (κ1) is 12.0. The summed E-state index contributed by atoms with van der Waals surface area (Å²) in [6.45, 7) is 0. The number of carbonyl (C=O) groups excluding carboxylic acids is 2. The number of nitrogens with one attached hydrogen (secondary N) is 1. The van der Waals surface area contributed by atoms with E-state index in [1.165, 1.54) is 4.90 Å². The van der Waals surface area contributed by atoms with Crippen molar-refractivity contribution in [1.82, 2.24) is 5.32 Å². The molecule has 1 saturated heterocycles. The average molecular weight is 259 g/mol. The van der Waals surface area contributed by atoms with Crippen molar-refractivity contribution < 1.29 is 9.59 Å². The van der Waals surface area contributed by atoms with E-state index in [9.17, 15) is 9.59 Å². The lowest BCUT2D eigenvalue weighted by Crippen LogP contribution is -2.48. The van der Waals surface area contributed by atoms with E-state index in [-0.39, 0.29) is 11.9 Å². The van der Waals surface area contributed by atoms with Crippen molar-refractivity contribution in [3.8, 4) is 0 Å². The Morgan fingerprint density at radius 1 is 1.05 bits per heavy atom. The molecule has 1 aliphatic heterocycles. The topological polar surface area (TPSA) is 75.4 Å². The van der Waals surface area contributed by atoms with E-state index in [1.807, 2.05) is 0 Å². The van der Waals surface area contributed by atoms with Crippen molar-refractivity contribution >= 4 is 23.3 Å². The van der Waals surface area contributed by atoms with Gasteiger partial charge < -0.3 is 11.1 Å². The summed E-state index contributed by atoms with van der Waals surface area (Å²) in [5, 5.41) is 2.89. The highest BCUT2D eigenvalue weighted by atomic mass is 16.2. The number of nitrogens with two attached hydrogens (primary N) is 1. The van der Waals surface area contributed by atoms with Gasteiger partial charge in [-0.25, -0.2) is 9.69 Å². The van der Waals surface area contributed by atoms with Gasteiger partial charge in [-0.15, -0.1) is 0 Å². The summed E-state index contributed by atoms with van der Waals surface area (Å²) >= 11 is 0. The van der Waals surface area contributed by atoms with E-state index in [1.54, 1.807) is 24.3 Å². The second kappa shape index (κ2) is 4.26. The normalized spacial score (nSPS) is 21.8. The van der Waals surface area contributed by atoms with Crippen LogP contribution in [0.3, 0.4) is 0 Å². The van der Waals surface area contributed by atoms with Crippen molar-refractivity contribution in [2.45, 2.75) is 37.6 Å². The second-order valence-electron chi connectivity index (χ2n) is 5.31. The summed E-state index contributed by atoms with van der Waals surface area (Å²) in [5.41, 5.74) is 6.15. The van der Waals surface area contributed by atoms with Crippen molar-refractivity contribution in [3.63, 3.8) is 0 Å². The van der Waals surface area contributed by atoms with Crippen molar-refractivity contribution in [2.24, 2.45) is 0 Å². The lowest BCUT2D eigenvalue weighted by Gasteiger charge is -2.30. The maximum absolute atomic E-state index is 12.6. The van der Waals surface area contributed by atoms with Crippen LogP contribution < -0.4 is 16.0 Å². The third-order valence-corrected chi connectivity index (χ3v) is 4.02. The summed E-state index contributed by atoms with van der Waals surface area (Å²) in [7, 11) is 0. The first-order valence-corrected chi connectivity index (χ1v) is 6.65. The van der Waals surface area contributed by atoms with Gasteiger partial charge in [0.1, 0.15) is 5.54 Å². The summed E-state index contributed by atoms with van der Waals surface area (Å²) in [5.74, 6) is -0.123. The molecular formula is C14H17N3O2. The lowest BCUT2D eigenvalue weighted by atomic mass is 9.82.